The number of phosphoric acid groups is 1. The number of hydrogen-bond donors (Lipinski definition) is 2. The van der Waals surface area contributed by atoms with Crippen LogP contribution in [0.25, 0.3) is 0 Å². The maximum atomic E-state index is 12.8. The molecule has 0 aliphatic carbocycles. The zero-order valence-corrected chi connectivity index (χ0v) is 64.3. The predicted molar refractivity (Wildman–Crippen MR) is 413 cm³/mol. The maximum absolute atomic E-state index is 12.8. The monoisotopic (exact) mass is 1360 g/mol. The van der Waals surface area contributed by atoms with Crippen molar-refractivity contribution in [2.24, 2.45) is 5.73 Å². The van der Waals surface area contributed by atoms with Crippen LogP contribution in [0.15, 0.2) is 48.6 Å². The summed E-state index contributed by atoms with van der Waals surface area (Å²) < 4.78 is 33.3. The number of ether oxygens (including phenoxy) is 2. The quantitative estimate of drug-likeness (QED) is 0.0264. The third-order valence-corrected chi connectivity index (χ3v) is 20.2. The van der Waals surface area contributed by atoms with Crippen LogP contribution in [-0.4, -0.2) is 49.3 Å². The summed E-state index contributed by atoms with van der Waals surface area (Å²) in [6, 6.07) is 0. The third kappa shape index (κ3) is 80.8. The maximum Gasteiger partial charge on any atom is 0.472 e. The second kappa shape index (κ2) is 80.9. The molecule has 0 rings (SSSR count). The van der Waals surface area contributed by atoms with E-state index >= 15 is 0 Å². The van der Waals surface area contributed by atoms with Crippen molar-refractivity contribution in [2.75, 3.05) is 26.4 Å². The van der Waals surface area contributed by atoms with Crippen molar-refractivity contribution in [3.63, 3.8) is 0 Å². The van der Waals surface area contributed by atoms with E-state index in [1.54, 1.807) is 0 Å². The highest BCUT2D eigenvalue weighted by Crippen LogP contribution is 2.43. The van der Waals surface area contributed by atoms with Crippen LogP contribution in [0.4, 0.5) is 0 Å². The molecular weight excluding hydrogens is 1190 g/mol. The van der Waals surface area contributed by atoms with Crippen molar-refractivity contribution in [2.45, 2.75) is 457 Å². The molecule has 0 aliphatic heterocycles. The highest BCUT2D eigenvalue weighted by atomic mass is 31.2. The minimum absolute atomic E-state index is 0.0563. The molecule has 0 aromatic rings. The Morgan fingerprint density at radius 1 is 0.326 bits per heavy atom. The normalized spacial score (nSPS) is 13.0. The smallest absolute Gasteiger partial charge is 0.462 e. The molecule has 0 fully saturated rings. The first-order chi connectivity index (χ1) is 46.8. The Labute approximate surface area is 591 Å². The van der Waals surface area contributed by atoms with Gasteiger partial charge in [0.15, 0.2) is 6.10 Å². The summed E-state index contributed by atoms with van der Waals surface area (Å²) >= 11 is 0. The number of carbonyl (C=O) groups excluding carboxylic acids is 2. The molecule has 0 radical (unpaired) electrons. The second-order valence-corrected chi connectivity index (χ2v) is 30.1. The van der Waals surface area contributed by atoms with Crippen LogP contribution in [0.5, 0.6) is 0 Å². The number of unbranched alkanes of at least 4 members (excludes halogenated alkanes) is 60. The Bertz CT molecular complexity index is 1700. The van der Waals surface area contributed by atoms with Gasteiger partial charge in [0, 0.05) is 19.4 Å². The molecule has 9 nitrogen and oxygen atoms in total. The number of allylic oxidation sites excluding steroid dienone is 8. The molecule has 0 bridgehead atoms. The van der Waals surface area contributed by atoms with E-state index in [4.69, 9.17) is 24.3 Å². The van der Waals surface area contributed by atoms with Gasteiger partial charge in [-0.1, -0.05) is 435 Å². The van der Waals surface area contributed by atoms with Crippen molar-refractivity contribution in [1.29, 1.82) is 0 Å². The van der Waals surface area contributed by atoms with Gasteiger partial charge in [-0.3, -0.25) is 18.6 Å². The average molecular weight is 1360 g/mol. The zero-order valence-electron chi connectivity index (χ0n) is 63.4. The molecule has 0 aliphatic rings. The molecule has 0 saturated carbocycles. The van der Waals surface area contributed by atoms with Gasteiger partial charge in [0.2, 0.25) is 0 Å². The Balaban J connectivity index is 3.71. The first kappa shape index (κ1) is 93.0. The predicted octanol–water partition coefficient (Wildman–Crippen LogP) is 28.3. The number of phosphoric ester groups is 1. The highest BCUT2D eigenvalue weighted by molar-refractivity contribution is 7.47. The van der Waals surface area contributed by atoms with Crippen molar-refractivity contribution in [1.82, 2.24) is 0 Å². The number of rotatable bonds is 81. The second-order valence-electron chi connectivity index (χ2n) is 28.7. The van der Waals surface area contributed by atoms with E-state index in [-0.39, 0.29) is 38.6 Å². The molecule has 0 amide bonds. The van der Waals surface area contributed by atoms with E-state index in [0.29, 0.717) is 6.42 Å². The molecule has 0 aromatic heterocycles. The average Bonchev–Trinajstić information content (AvgIpc) is 3.32. The van der Waals surface area contributed by atoms with E-state index in [2.05, 4.69) is 62.5 Å². The lowest BCUT2D eigenvalue weighted by molar-refractivity contribution is -0.161. The Morgan fingerprint density at radius 2 is 0.579 bits per heavy atom. The SMILES string of the molecule is CC/C=C\C/C=C\C/C=C\C/C=C\CCCCCCCCCCCCCCCCCCCCCCCCC(=O)OC(COC(=O)CCCCCCCCCCCCCCCCCCCCCCCCCCCCCCCCCCCCCCCCC)COP(=O)(O)OCCN. The first-order valence-corrected chi connectivity index (χ1v) is 43.6. The fraction of sp³-hybridized carbons (Fsp3) is 0.882. The lowest BCUT2D eigenvalue weighted by Crippen LogP contribution is -2.29. The fourth-order valence-electron chi connectivity index (χ4n) is 13.0. The van der Waals surface area contributed by atoms with Gasteiger partial charge >= 0.3 is 19.8 Å². The lowest BCUT2D eigenvalue weighted by Gasteiger charge is -2.19. The number of nitrogens with two attached hydrogens (primary N) is 1. The molecule has 95 heavy (non-hydrogen) atoms. The molecule has 0 saturated heterocycles. The van der Waals surface area contributed by atoms with E-state index in [1.165, 1.54) is 360 Å². The van der Waals surface area contributed by atoms with Gasteiger partial charge < -0.3 is 20.1 Å². The number of esters is 2. The van der Waals surface area contributed by atoms with Crippen LogP contribution >= 0.6 is 7.82 Å². The van der Waals surface area contributed by atoms with Gasteiger partial charge in [0.05, 0.1) is 13.2 Å². The summed E-state index contributed by atoms with van der Waals surface area (Å²) in [4.78, 5) is 35.5. The van der Waals surface area contributed by atoms with Crippen LogP contribution in [-0.2, 0) is 32.7 Å². The van der Waals surface area contributed by atoms with E-state index in [0.717, 1.165) is 57.8 Å². The van der Waals surface area contributed by atoms with Crippen molar-refractivity contribution < 1.29 is 37.6 Å². The lowest BCUT2D eigenvalue weighted by atomic mass is 10.0. The molecular formula is C85H162NO8P. The molecule has 0 heterocycles. The van der Waals surface area contributed by atoms with Crippen molar-refractivity contribution in [3.8, 4) is 0 Å². The van der Waals surface area contributed by atoms with Crippen LogP contribution in [0.1, 0.15) is 450 Å². The summed E-state index contributed by atoms with van der Waals surface area (Å²) in [6.07, 6.45) is 106. The minimum atomic E-state index is -4.39. The van der Waals surface area contributed by atoms with E-state index in [1.807, 2.05) is 0 Å². The third-order valence-electron chi connectivity index (χ3n) is 19.2. The van der Waals surface area contributed by atoms with E-state index < -0.39 is 26.5 Å². The molecule has 10 heteroatoms. The van der Waals surface area contributed by atoms with Gasteiger partial charge in [0.25, 0.3) is 0 Å². The molecule has 0 aromatic carbocycles. The Kier molecular flexibility index (Phi) is 79.2. The van der Waals surface area contributed by atoms with Crippen molar-refractivity contribution >= 4 is 19.8 Å². The minimum Gasteiger partial charge on any atom is -0.462 e. The summed E-state index contributed by atoms with van der Waals surface area (Å²) in [5.74, 6) is -0.800. The molecule has 560 valence electrons. The van der Waals surface area contributed by atoms with Crippen LogP contribution in [0.3, 0.4) is 0 Å². The van der Waals surface area contributed by atoms with Gasteiger partial charge in [-0.25, -0.2) is 4.57 Å². The zero-order chi connectivity index (χ0) is 68.6. The summed E-state index contributed by atoms with van der Waals surface area (Å²) in [5.41, 5.74) is 5.42. The Morgan fingerprint density at radius 3 is 0.863 bits per heavy atom. The molecule has 2 unspecified atom stereocenters. The summed E-state index contributed by atoms with van der Waals surface area (Å²) in [7, 11) is -4.39. The first-order valence-electron chi connectivity index (χ1n) is 42.1. The Hall–Kier alpha value is -2.03. The molecule has 0 spiro atoms. The van der Waals surface area contributed by atoms with E-state index in [9.17, 15) is 19.0 Å². The number of carbonyl (C=O) groups is 2. The largest absolute Gasteiger partial charge is 0.472 e. The summed E-state index contributed by atoms with van der Waals surface area (Å²) in [6.45, 7) is 3.72. The molecule has 2 atom stereocenters. The van der Waals surface area contributed by atoms with Gasteiger partial charge in [0.1, 0.15) is 6.61 Å². The van der Waals surface area contributed by atoms with Crippen LogP contribution in [0, 0.1) is 0 Å². The summed E-state index contributed by atoms with van der Waals surface area (Å²) in [5, 5.41) is 0. The van der Waals surface area contributed by atoms with Crippen molar-refractivity contribution in [3.05, 3.63) is 48.6 Å². The van der Waals surface area contributed by atoms with Crippen LogP contribution < -0.4 is 5.73 Å². The highest BCUT2D eigenvalue weighted by Gasteiger charge is 2.26. The van der Waals surface area contributed by atoms with Gasteiger partial charge in [-0.15, -0.1) is 0 Å². The standard InChI is InChI=1S/C85H162NO8P/c1-3-5-7-9-11-13-15-17-19-21-23-25-27-29-31-33-35-37-39-40-41-42-44-45-47-49-51-53-55-57-59-61-63-65-67-69-71-73-75-77-84(87)91-81-83(82-93-95(89,90)92-80-79-86)94-85(88)78-76-74-72-70-68-66-64-62-60-58-56-54-52-50-48-46-43-38-36-34-32-30-28-26-24-22-20-18-16-14-12-10-8-6-4-2/h6,8,12,14,18,20,24,26,83H,3-5,7,9-11,13,15-17,19,21-23,25,27-82,86H2,1-2H3,(H,89,90)/b8-6-,14-12-,20-18-,26-24-. The fourth-order valence-corrected chi connectivity index (χ4v) is 13.8. The van der Waals surface area contributed by atoms with Crippen LogP contribution in [0.2, 0.25) is 0 Å². The molecule has 3 N–H and O–H groups in total. The number of hydrogen-bond acceptors (Lipinski definition) is 8. The van der Waals surface area contributed by atoms with Gasteiger partial charge in [-0.2, -0.15) is 0 Å². The topological polar surface area (TPSA) is 134 Å². The van der Waals surface area contributed by atoms with Gasteiger partial charge in [-0.05, 0) is 51.4 Å².